The standard InChI is InChI=1S/C24H15F/c25-24-14-12-21(13-15-24)23-7-3-4-18(16-23)8-9-19-10-11-20-5-1-2-6-22(20)17-19/h1-7,10-17H. The fraction of sp³-hybridized carbons (Fsp3) is 0. The average molecular weight is 322 g/mol. The van der Waals surface area contributed by atoms with Gasteiger partial charge in [0, 0.05) is 11.1 Å². The molecule has 4 aromatic rings. The molecule has 0 amide bonds. The summed E-state index contributed by atoms with van der Waals surface area (Å²) < 4.78 is 13.1. The number of hydrogen-bond acceptors (Lipinski definition) is 0. The molecule has 0 N–H and O–H groups in total. The molecule has 0 bridgehead atoms. The molecule has 0 saturated carbocycles. The Morgan fingerprint density at radius 1 is 0.520 bits per heavy atom. The SMILES string of the molecule is Fc1ccc(-c2cccc(C#Cc3ccc4ccccc4c3)c2)cc1. The maximum atomic E-state index is 13.1. The van der Waals surface area contributed by atoms with Gasteiger partial charge >= 0.3 is 0 Å². The number of fused-ring (bicyclic) bond motifs is 1. The predicted molar refractivity (Wildman–Crippen MR) is 102 cm³/mol. The largest absolute Gasteiger partial charge is 0.207 e. The second-order valence-corrected chi connectivity index (χ2v) is 5.90. The average Bonchev–Trinajstić information content (AvgIpc) is 2.67. The molecule has 0 aromatic heterocycles. The second kappa shape index (κ2) is 6.63. The first-order valence-electron chi connectivity index (χ1n) is 8.15. The topological polar surface area (TPSA) is 0 Å². The maximum absolute atomic E-state index is 13.1. The van der Waals surface area contributed by atoms with Gasteiger partial charge < -0.3 is 0 Å². The normalized spacial score (nSPS) is 10.3. The number of rotatable bonds is 1. The number of benzene rings is 4. The Morgan fingerprint density at radius 3 is 2.04 bits per heavy atom. The van der Waals surface area contributed by atoms with Crippen molar-refractivity contribution in [2.75, 3.05) is 0 Å². The summed E-state index contributed by atoms with van der Waals surface area (Å²) in [5.74, 6) is 6.23. The molecule has 0 aliphatic carbocycles. The van der Waals surface area contributed by atoms with E-state index in [1.807, 2.05) is 42.5 Å². The highest BCUT2D eigenvalue weighted by Gasteiger charge is 1.99. The van der Waals surface area contributed by atoms with Gasteiger partial charge in [0.1, 0.15) is 5.82 Å². The first kappa shape index (κ1) is 15.2. The summed E-state index contributed by atoms with van der Waals surface area (Å²) in [4.78, 5) is 0. The minimum absolute atomic E-state index is 0.226. The van der Waals surface area contributed by atoms with Crippen molar-refractivity contribution in [1.82, 2.24) is 0 Å². The van der Waals surface area contributed by atoms with Crippen LogP contribution in [0.4, 0.5) is 4.39 Å². The third-order valence-electron chi connectivity index (χ3n) is 4.14. The Balaban J connectivity index is 1.65. The smallest absolute Gasteiger partial charge is 0.123 e. The van der Waals surface area contributed by atoms with Crippen LogP contribution < -0.4 is 0 Å². The summed E-state index contributed by atoms with van der Waals surface area (Å²) in [6, 6.07) is 29.0. The molecule has 0 aliphatic heterocycles. The Hall–Kier alpha value is -3.37. The molecule has 0 heterocycles. The van der Waals surface area contributed by atoms with Gasteiger partial charge in [-0.1, -0.05) is 66.4 Å². The maximum Gasteiger partial charge on any atom is 0.123 e. The molecule has 4 rings (SSSR count). The molecular weight excluding hydrogens is 307 g/mol. The van der Waals surface area contributed by atoms with Crippen molar-refractivity contribution in [2.24, 2.45) is 0 Å². The first-order chi connectivity index (χ1) is 12.3. The number of hydrogen-bond donors (Lipinski definition) is 0. The van der Waals surface area contributed by atoms with E-state index in [0.29, 0.717) is 0 Å². The van der Waals surface area contributed by atoms with Crippen LogP contribution >= 0.6 is 0 Å². The predicted octanol–water partition coefficient (Wildman–Crippen LogP) is 6.05. The molecule has 0 fully saturated rings. The van der Waals surface area contributed by atoms with Crippen LogP contribution in [0, 0.1) is 17.7 Å². The van der Waals surface area contributed by atoms with E-state index in [4.69, 9.17) is 0 Å². The van der Waals surface area contributed by atoms with E-state index in [1.54, 1.807) is 12.1 Å². The molecule has 1 heteroatoms. The van der Waals surface area contributed by atoms with Gasteiger partial charge in [-0.15, -0.1) is 0 Å². The molecular formula is C24H15F. The molecule has 0 unspecified atom stereocenters. The Morgan fingerprint density at radius 2 is 1.24 bits per heavy atom. The van der Waals surface area contributed by atoms with E-state index in [9.17, 15) is 4.39 Å². The third-order valence-corrected chi connectivity index (χ3v) is 4.14. The van der Waals surface area contributed by atoms with Crippen LogP contribution in [0.15, 0.2) is 91.0 Å². The van der Waals surface area contributed by atoms with E-state index in [-0.39, 0.29) is 5.82 Å². The number of halogens is 1. The zero-order valence-corrected chi connectivity index (χ0v) is 13.5. The van der Waals surface area contributed by atoms with Crippen molar-refractivity contribution < 1.29 is 4.39 Å². The van der Waals surface area contributed by atoms with E-state index in [2.05, 4.69) is 36.1 Å². The van der Waals surface area contributed by atoms with Crippen LogP contribution in [0.1, 0.15) is 11.1 Å². The van der Waals surface area contributed by atoms with E-state index in [0.717, 1.165) is 22.3 Å². The highest BCUT2D eigenvalue weighted by atomic mass is 19.1. The zero-order chi connectivity index (χ0) is 17.1. The van der Waals surface area contributed by atoms with Crippen LogP contribution in [0.5, 0.6) is 0 Å². The van der Waals surface area contributed by atoms with Gasteiger partial charge in [0.05, 0.1) is 0 Å². The van der Waals surface area contributed by atoms with Crippen LogP contribution in [-0.2, 0) is 0 Å². The van der Waals surface area contributed by atoms with E-state index in [1.165, 1.54) is 22.9 Å². The van der Waals surface area contributed by atoms with Gasteiger partial charge in [0.25, 0.3) is 0 Å². The molecule has 0 radical (unpaired) electrons. The van der Waals surface area contributed by atoms with Crippen molar-refractivity contribution in [3.63, 3.8) is 0 Å². The summed E-state index contributed by atoms with van der Waals surface area (Å²) in [5, 5.41) is 2.40. The quantitative estimate of drug-likeness (QED) is 0.374. The molecule has 0 atom stereocenters. The van der Waals surface area contributed by atoms with E-state index < -0.39 is 0 Å². The molecule has 118 valence electrons. The fourth-order valence-electron chi connectivity index (χ4n) is 2.83. The van der Waals surface area contributed by atoms with Gasteiger partial charge in [-0.2, -0.15) is 0 Å². The lowest BCUT2D eigenvalue weighted by atomic mass is 10.0. The summed E-state index contributed by atoms with van der Waals surface area (Å²) in [5.41, 5.74) is 3.95. The lowest BCUT2D eigenvalue weighted by Crippen LogP contribution is -1.82. The van der Waals surface area contributed by atoms with Gasteiger partial charge in [-0.05, 0) is 58.3 Å². The van der Waals surface area contributed by atoms with Gasteiger partial charge in [-0.3, -0.25) is 0 Å². The van der Waals surface area contributed by atoms with Gasteiger partial charge in [0.15, 0.2) is 0 Å². The van der Waals surface area contributed by atoms with Crippen molar-refractivity contribution in [2.45, 2.75) is 0 Å². The minimum Gasteiger partial charge on any atom is -0.207 e. The van der Waals surface area contributed by atoms with Crippen molar-refractivity contribution in [3.05, 3.63) is 108 Å². The van der Waals surface area contributed by atoms with Crippen LogP contribution in [0.25, 0.3) is 21.9 Å². The van der Waals surface area contributed by atoms with Gasteiger partial charge in [-0.25, -0.2) is 4.39 Å². The monoisotopic (exact) mass is 322 g/mol. The second-order valence-electron chi connectivity index (χ2n) is 5.90. The molecule has 4 aromatic carbocycles. The minimum atomic E-state index is -0.226. The molecule has 25 heavy (non-hydrogen) atoms. The summed E-state index contributed by atoms with van der Waals surface area (Å²) in [6.07, 6.45) is 0. The zero-order valence-electron chi connectivity index (χ0n) is 13.5. The molecule has 0 saturated heterocycles. The fourth-order valence-corrected chi connectivity index (χ4v) is 2.83. The lowest BCUT2D eigenvalue weighted by Gasteiger charge is -2.02. The van der Waals surface area contributed by atoms with Crippen molar-refractivity contribution in [1.29, 1.82) is 0 Å². The van der Waals surface area contributed by atoms with Crippen LogP contribution in [0.2, 0.25) is 0 Å². The van der Waals surface area contributed by atoms with Crippen molar-refractivity contribution in [3.8, 4) is 23.0 Å². The van der Waals surface area contributed by atoms with Gasteiger partial charge in [0.2, 0.25) is 0 Å². The van der Waals surface area contributed by atoms with Crippen LogP contribution in [0.3, 0.4) is 0 Å². The van der Waals surface area contributed by atoms with Crippen molar-refractivity contribution >= 4 is 10.8 Å². The molecule has 0 nitrogen and oxygen atoms in total. The Labute approximate surface area is 146 Å². The Kier molecular flexibility index (Phi) is 4.02. The van der Waals surface area contributed by atoms with E-state index >= 15 is 0 Å². The summed E-state index contributed by atoms with van der Waals surface area (Å²) in [7, 11) is 0. The highest BCUT2D eigenvalue weighted by Crippen LogP contribution is 2.21. The lowest BCUT2D eigenvalue weighted by molar-refractivity contribution is 0.628. The summed E-state index contributed by atoms with van der Waals surface area (Å²) in [6.45, 7) is 0. The summed E-state index contributed by atoms with van der Waals surface area (Å²) >= 11 is 0. The first-order valence-corrected chi connectivity index (χ1v) is 8.15. The third kappa shape index (κ3) is 3.44. The van der Waals surface area contributed by atoms with Crippen LogP contribution in [-0.4, -0.2) is 0 Å². The molecule has 0 spiro atoms. The molecule has 0 aliphatic rings. The Bertz CT molecular complexity index is 1100. The highest BCUT2D eigenvalue weighted by molar-refractivity contribution is 5.83.